The summed E-state index contributed by atoms with van der Waals surface area (Å²) in [6.07, 6.45) is 1.90. The van der Waals surface area contributed by atoms with Gasteiger partial charge in [0.15, 0.2) is 22.4 Å². The molecule has 2 amide bonds. The Hall–Kier alpha value is -2.67. The highest BCUT2D eigenvalue weighted by molar-refractivity contribution is 8.26. The zero-order valence-corrected chi connectivity index (χ0v) is 20.7. The number of thioether (sulfide) groups is 1. The molecular weight excluding hydrogens is 482 g/mol. The number of thiocarbonyl (C=S) groups is 1. The fourth-order valence-electron chi connectivity index (χ4n) is 3.21. The number of methoxy groups -OCH3 is 1. The summed E-state index contributed by atoms with van der Waals surface area (Å²) >= 11 is 6.38. The van der Waals surface area contributed by atoms with Crippen molar-refractivity contribution < 1.29 is 33.3 Å². The second kappa shape index (κ2) is 12.7. The number of carbonyl (C=O) groups is 3. The lowest BCUT2D eigenvalue weighted by atomic mass is 10.2. The monoisotopic (exact) mass is 509 g/mol. The lowest BCUT2D eigenvalue weighted by Crippen LogP contribution is -2.46. The van der Waals surface area contributed by atoms with Crippen molar-refractivity contribution in [3.8, 4) is 11.5 Å². The molecule has 2 aliphatic heterocycles. The second-order valence-electron chi connectivity index (χ2n) is 7.26. The Kier molecular flexibility index (Phi) is 9.69. The molecule has 1 N–H and O–H groups in total. The number of benzene rings is 1. The van der Waals surface area contributed by atoms with Gasteiger partial charge in [-0.05, 0) is 42.9 Å². The molecule has 0 aliphatic carbocycles. The van der Waals surface area contributed by atoms with Crippen molar-refractivity contribution in [2.75, 3.05) is 53.2 Å². The van der Waals surface area contributed by atoms with Gasteiger partial charge in [0.2, 0.25) is 5.91 Å². The molecule has 2 saturated heterocycles. The van der Waals surface area contributed by atoms with Gasteiger partial charge in [-0.15, -0.1) is 0 Å². The van der Waals surface area contributed by atoms with Crippen LogP contribution in [0.4, 0.5) is 0 Å². The van der Waals surface area contributed by atoms with Crippen molar-refractivity contribution in [3.05, 3.63) is 28.7 Å². The van der Waals surface area contributed by atoms with Gasteiger partial charge in [0, 0.05) is 26.1 Å². The predicted molar refractivity (Wildman–Crippen MR) is 130 cm³/mol. The molecule has 2 fully saturated rings. The topological polar surface area (TPSA) is 107 Å². The number of amides is 2. The van der Waals surface area contributed by atoms with Crippen LogP contribution in [0.5, 0.6) is 11.5 Å². The average molecular weight is 510 g/mol. The number of nitrogens with zero attached hydrogens (tertiary/aromatic N) is 2. The highest BCUT2D eigenvalue weighted by Gasteiger charge is 2.33. The molecule has 0 spiro atoms. The molecular formula is C22H27N3O7S2. The third-order valence-electron chi connectivity index (χ3n) is 4.93. The van der Waals surface area contributed by atoms with E-state index in [1.54, 1.807) is 31.2 Å². The summed E-state index contributed by atoms with van der Waals surface area (Å²) in [4.78, 5) is 39.2. The number of hydrazine groups is 1. The number of morpholine rings is 1. The van der Waals surface area contributed by atoms with E-state index in [0.717, 1.165) is 29.9 Å². The molecule has 0 atom stereocenters. The molecule has 0 bridgehead atoms. The largest absolute Gasteiger partial charge is 0.493 e. The zero-order chi connectivity index (χ0) is 24.5. The van der Waals surface area contributed by atoms with E-state index in [0.29, 0.717) is 41.7 Å². The van der Waals surface area contributed by atoms with Gasteiger partial charge >= 0.3 is 5.97 Å². The Morgan fingerprint density at radius 3 is 2.74 bits per heavy atom. The molecule has 12 heteroatoms. The SMILES string of the molecule is CCOC(=O)COc1ccc(C=C2SC(=S)N(NC(=O)CCN3CCOCC3)C2=O)cc1OC. The van der Waals surface area contributed by atoms with Crippen LogP contribution in [0, 0.1) is 0 Å². The first kappa shape index (κ1) is 25.9. The van der Waals surface area contributed by atoms with Gasteiger partial charge in [0.05, 0.1) is 31.8 Å². The Bertz CT molecular complexity index is 964. The van der Waals surface area contributed by atoms with E-state index in [1.165, 1.54) is 7.11 Å². The van der Waals surface area contributed by atoms with Gasteiger partial charge in [-0.2, -0.15) is 5.01 Å². The molecule has 0 unspecified atom stereocenters. The summed E-state index contributed by atoms with van der Waals surface area (Å²) < 4.78 is 21.2. The first-order valence-corrected chi connectivity index (χ1v) is 12.0. The van der Waals surface area contributed by atoms with E-state index in [9.17, 15) is 14.4 Å². The summed E-state index contributed by atoms with van der Waals surface area (Å²) in [7, 11) is 1.47. The van der Waals surface area contributed by atoms with Crippen molar-refractivity contribution in [1.29, 1.82) is 0 Å². The van der Waals surface area contributed by atoms with Gasteiger partial charge in [-0.3, -0.25) is 19.9 Å². The van der Waals surface area contributed by atoms with Crippen LogP contribution in [0.2, 0.25) is 0 Å². The van der Waals surface area contributed by atoms with E-state index < -0.39 is 11.9 Å². The summed E-state index contributed by atoms with van der Waals surface area (Å²) in [5.41, 5.74) is 3.26. The van der Waals surface area contributed by atoms with E-state index in [1.807, 2.05) is 0 Å². The molecule has 0 radical (unpaired) electrons. The maximum absolute atomic E-state index is 12.8. The lowest BCUT2D eigenvalue weighted by Gasteiger charge is -2.26. The number of nitrogens with one attached hydrogen (secondary N) is 1. The van der Waals surface area contributed by atoms with Crippen LogP contribution in [-0.2, 0) is 23.9 Å². The molecule has 3 rings (SSSR count). The van der Waals surface area contributed by atoms with Gasteiger partial charge < -0.3 is 18.9 Å². The normalized spacial score (nSPS) is 17.7. The summed E-state index contributed by atoms with van der Waals surface area (Å²) in [5.74, 6) is -0.410. The quantitative estimate of drug-likeness (QED) is 0.284. The number of rotatable bonds is 10. The van der Waals surface area contributed by atoms with Crippen LogP contribution < -0.4 is 14.9 Å². The smallest absolute Gasteiger partial charge is 0.344 e. The van der Waals surface area contributed by atoms with Crippen molar-refractivity contribution in [2.45, 2.75) is 13.3 Å². The highest BCUT2D eigenvalue weighted by Crippen LogP contribution is 2.34. The Morgan fingerprint density at radius 1 is 1.26 bits per heavy atom. The van der Waals surface area contributed by atoms with Crippen molar-refractivity contribution in [3.63, 3.8) is 0 Å². The Labute approximate surface area is 207 Å². The standard InChI is InChI=1S/C22H27N3O7S2/c1-3-31-20(27)14-32-16-5-4-15(12-17(16)29-2)13-18-21(28)25(22(33)34-18)23-19(26)6-7-24-8-10-30-11-9-24/h4-5,12-13H,3,6-11,14H2,1-2H3,(H,23,26). The minimum atomic E-state index is -0.482. The van der Waals surface area contributed by atoms with Gasteiger partial charge in [-0.25, -0.2) is 4.79 Å². The third-order valence-corrected chi connectivity index (χ3v) is 6.23. The number of ether oxygens (including phenoxy) is 4. The lowest BCUT2D eigenvalue weighted by molar-refractivity contribution is -0.145. The maximum atomic E-state index is 12.8. The van der Waals surface area contributed by atoms with Crippen LogP contribution >= 0.6 is 24.0 Å². The summed E-state index contributed by atoms with van der Waals surface area (Å²) in [5, 5.41) is 1.10. The van der Waals surface area contributed by atoms with Crippen LogP contribution in [0.1, 0.15) is 18.9 Å². The third kappa shape index (κ3) is 7.16. The Balaban J connectivity index is 1.60. The fourth-order valence-corrected chi connectivity index (χ4v) is 4.39. The summed E-state index contributed by atoms with van der Waals surface area (Å²) in [6, 6.07) is 5.03. The molecule has 34 heavy (non-hydrogen) atoms. The van der Waals surface area contributed by atoms with Crippen molar-refractivity contribution in [1.82, 2.24) is 15.3 Å². The molecule has 0 saturated carbocycles. The predicted octanol–water partition coefficient (Wildman–Crippen LogP) is 1.59. The molecule has 10 nitrogen and oxygen atoms in total. The number of hydrogen-bond donors (Lipinski definition) is 1. The number of hydrogen-bond acceptors (Lipinski definition) is 10. The van der Waals surface area contributed by atoms with Crippen LogP contribution in [-0.4, -0.2) is 85.2 Å². The first-order valence-electron chi connectivity index (χ1n) is 10.7. The van der Waals surface area contributed by atoms with Gasteiger partial charge in [0.25, 0.3) is 5.91 Å². The number of carbonyl (C=O) groups excluding carboxylic acids is 3. The van der Waals surface area contributed by atoms with Crippen LogP contribution in [0.3, 0.4) is 0 Å². The van der Waals surface area contributed by atoms with E-state index in [2.05, 4.69) is 10.3 Å². The van der Waals surface area contributed by atoms with E-state index >= 15 is 0 Å². The van der Waals surface area contributed by atoms with Crippen LogP contribution in [0.15, 0.2) is 23.1 Å². The van der Waals surface area contributed by atoms with Gasteiger partial charge in [-0.1, -0.05) is 17.8 Å². The van der Waals surface area contributed by atoms with Crippen molar-refractivity contribution in [2.24, 2.45) is 0 Å². The minimum Gasteiger partial charge on any atom is -0.493 e. The maximum Gasteiger partial charge on any atom is 0.344 e. The second-order valence-corrected chi connectivity index (χ2v) is 8.94. The van der Waals surface area contributed by atoms with E-state index in [-0.39, 0.29) is 29.9 Å². The molecule has 2 heterocycles. The zero-order valence-electron chi connectivity index (χ0n) is 19.0. The highest BCUT2D eigenvalue weighted by atomic mass is 32.2. The molecule has 2 aliphatic rings. The molecule has 1 aromatic carbocycles. The van der Waals surface area contributed by atoms with E-state index in [4.69, 9.17) is 31.2 Å². The summed E-state index contributed by atoms with van der Waals surface area (Å²) in [6.45, 7) is 5.21. The van der Waals surface area contributed by atoms with Gasteiger partial charge in [0.1, 0.15) is 0 Å². The fraction of sp³-hybridized carbons (Fsp3) is 0.455. The molecule has 0 aromatic heterocycles. The average Bonchev–Trinajstić information content (AvgIpc) is 3.09. The van der Waals surface area contributed by atoms with Crippen molar-refractivity contribution >= 4 is 52.2 Å². The number of esters is 1. The minimum absolute atomic E-state index is 0.243. The molecule has 184 valence electrons. The first-order chi connectivity index (χ1) is 16.4. The Morgan fingerprint density at radius 2 is 2.03 bits per heavy atom. The molecule has 1 aromatic rings. The van der Waals surface area contributed by atoms with Crippen LogP contribution in [0.25, 0.3) is 6.08 Å².